The number of carbonyl (C=O) groups is 1. The van der Waals surface area contributed by atoms with Gasteiger partial charge in [-0.05, 0) is 35.9 Å². The average molecular weight is 401 g/mol. The number of benzene rings is 2. The third kappa shape index (κ3) is 3.41. The van der Waals surface area contributed by atoms with Crippen LogP contribution in [-0.4, -0.2) is 30.0 Å². The Hall–Kier alpha value is -3.05. The number of nitrogens with one attached hydrogen (secondary N) is 2. The lowest BCUT2D eigenvalue weighted by Crippen LogP contribution is -2.49. The quantitative estimate of drug-likeness (QED) is 0.594. The topological polar surface area (TPSA) is 56.2 Å². The van der Waals surface area contributed by atoms with Gasteiger partial charge in [-0.1, -0.05) is 12.0 Å². The summed E-state index contributed by atoms with van der Waals surface area (Å²) < 4.78 is 39.1. The van der Waals surface area contributed by atoms with E-state index >= 15 is 0 Å². The fraction of sp³-hybridized carbons (Fsp3) is 0.200. The normalized spacial score (nSPS) is 17.6. The summed E-state index contributed by atoms with van der Waals surface area (Å²) in [4.78, 5) is 13.3. The molecule has 1 amide bonds. The number of hydrogen-bond donors (Lipinski definition) is 2. The van der Waals surface area contributed by atoms with Crippen LogP contribution >= 0.6 is 11.3 Å². The Bertz CT molecular complexity index is 1170. The van der Waals surface area contributed by atoms with Crippen molar-refractivity contribution in [3.8, 4) is 11.8 Å². The number of halogens is 3. The molecule has 1 unspecified atom stereocenters. The van der Waals surface area contributed by atoms with Crippen molar-refractivity contribution in [1.29, 1.82) is 5.41 Å². The third-order valence-electron chi connectivity index (χ3n) is 4.64. The standard InChI is InChI=1S/C20H14F3N3OS/c1-26-18(27)10-15(25-19(26)24)12-3-5-17-14(9-12)13-8-11(2-4-16(13)28-17)6-7-20(21,22)23/h2-5,8-9,15H,10H2,1H3,(H2,24,25). The molecule has 8 heteroatoms. The lowest BCUT2D eigenvalue weighted by atomic mass is 9.99. The molecule has 2 aromatic carbocycles. The molecule has 2 N–H and O–H groups in total. The van der Waals surface area contributed by atoms with Crippen molar-refractivity contribution in [3.63, 3.8) is 0 Å². The van der Waals surface area contributed by atoms with Gasteiger partial charge in [0.15, 0.2) is 5.96 Å². The Labute approximate surface area is 162 Å². The molecule has 3 aromatic rings. The summed E-state index contributed by atoms with van der Waals surface area (Å²) in [6, 6.07) is 10.5. The summed E-state index contributed by atoms with van der Waals surface area (Å²) in [5, 5.41) is 12.6. The summed E-state index contributed by atoms with van der Waals surface area (Å²) in [6.07, 6.45) is -4.30. The van der Waals surface area contributed by atoms with Gasteiger partial charge in [-0.25, -0.2) is 0 Å². The van der Waals surface area contributed by atoms with E-state index in [1.807, 2.05) is 18.2 Å². The van der Waals surface area contributed by atoms with Crippen LogP contribution in [0.25, 0.3) is 20.2 Å². The highest BCUT2D eigenvalue weighted by Crippen LogP contribution is 2.36. The highest BCUT2D eigenvalue weighted by atomic mass is 32.1. The lowest BCUT2D eigenvalue weighted by molar-refractivity contribution is -0.128. The van der Waals surface area contributed by atoms with Crippen LogP contribution in [0.15, 0.2) is 36.4 Å². The fourth-order valence-electron chi connectivity index (χ4n) is 3.18. The molecule has 1 saturated heterocycles. The second-order valence-electron chi connectivity index (χ2n) is 6.52. The van der Waals surface area contributed by atoms with Crippen molar-refractivity contribution in [3.05, 3.63) is 47.5 Å². The summed E-state index contributed by atoms with van der Waals surface area (Å²) in [5.41, 5.74) is 1.15. The van der Waals surface area contributed by atoms with E-state index in [-0.39, 0.29) is 24.3 Å². The zero-order valence-electron chi connectivity index (χ0n) is 14.6. The molecule has 0 spiro atoms. The Balaban J connectivity index is 1.77. The molecule has 1 fully saturated rings. The number of fused-ring (bicyclic) bond motifs is 3. The van der Waals surface area contributed by atoms with Crippen LogP contribution in [0.2, 0.25) is 0 Å². The minimum atomic E-state index is -4.53. The maximum absolute atomic E-state index is 12.4. The zero-order chi connectivity index (χ0) is 20.1. The summed E-state index contributed by atoms with van der Waals surface area (Å²) in [6.45, 7) is 0. The van der Waals surface area contributed by atoms with E-state index in [0.717, 1.165) is 25.7 Å². The first-order chi connectivity index (χ1) is 13.2. The van der Waals surface area contributed by atoms with Gasteiger partial charge in [0, 0.05) is 38.7 Å². The molecule has 0 radical (unpaired) electrons. The van der Waals surface area contributed by atoms with Crippen molar-refractivity contribution in [2.24, 2.45) is 0 Å². The van der Waals surface area contributed by atoms with E-state index in [0.29, 0.717) is 5.56 Å². The number of amides is 1. The van der Waals surface area contributed by atoms with Crippen LogP contribution < -0.4 is 5.32 Å². The van der Waals surface area contributed by atoms with Crippen LogP contribution in [-0.2, 0) is 4.79 Å². The van der Waals surface area contributed by atoms with Crippen LogP contribution in [0.4, 0.5) is 13.2 Å². The first-order valence-corrected chi connectivity index (χ1v) is 9.21. The maximum atomic E-state index is 12.4. The Morgan fingerprint density at radius 1 is 1.18 bits per heavy atom. The minimum Gasteiger partial charge on any atom is -0.349 e. The SMILES string of the molecule is CN1C(=N)NC(c2ccc3sc4ccc(C#CC(F)(F)F)cc4c3c2)CC1=O. The van der Waals surface area contributed by atoms with Gasteiger partial charge in [-0.15, -0.1) is 11.3 Å². The van der Waals surface area contributed by atoms with Crippen molar-refractivity contribution >= 4 is 43.4 Å². The molecule has 1 aliphatic rings. The first-order valence-electron chi connectivity index (χ1n) is 8.39. The largest absolute Gasteiger partial charge is 0.458 e. The summed E-state index contributed by atoms with van der Waals surface area (Å²) >= 11 is 1.54. The molecule has 1 aliphatic heterocycles. The molecular weight excluding hydrogens is 387 g/mol. The van der Waals surface area contributed by atoms with Gasteiger partial charge in [-0.2, -0.15) is 13.2 Å². The lowest BCUT2D eigenvalue weighted by Gasteiger charge is -2.31. The van der Waals surface area contributed by atoms with Gasteiger partial charge in [0.1, 0.15) is 0 Å². The van der Waals surface area contributed by atoms with E-state index in [1.165, 1.54) is 10.8 Å². The number of thiophene rings is 1. The number of nitrogens with zero attached hydrogens (tertiary/aromatic N) is 1. The molecule has 4 nitrogen and oxygen atoms in total. The molecular formula is C20H14F3N3OS. The van der Waals surface area contributed by atoms with Gasteiger partial charge < -0.3 is 5.32 Å². The molecule has 1 atom stereocenters. The van der Waals surface area contributed by atoms with E-state index < -0.39 is 6.18 Å². The first kappa shape index (κ1) is 18.3. The van der Waals surface area contributed by atoms with Crippen LogP contribution in [0, 0.1) is 17.3 Å². The third-order valence-corrected chi connectivity index (χ3v) is 5.80. The molecule has 142 valence electrons. The second kappa shape index (κ2) is 6.53. The number of hydrogen-bond acceptors (Lipinski definition) is 3. The van der Waals surface area contributed by atoms with Gasteiger partial charge in [-0.3, -0.25) is 15.1 Å². The molecule has 2 heterocycles. The predicted octanol–water partition coefficient (Wildman–Crippen LogP) is 4.40. The highest BCUT2D eigenvalue weighted by Gasteiger charge is 2.28. The van der Waals surface area contributed by atoms with Gasteiger partial charge in [0.05, 0.1) is 12.5 Å². The number of carbonyl (C=O) groups excluding carboxylic acids is 1. The van der Waals surface area contributed by atoms with Gasteiger partial charge in [0.2, 0.25) is 5.91 Å². The molecule has 28 heavy (non-hydrogen) atoms. The van der Waals surface area contributed by atoms with Crippen molar-refractivity contribution < 1.29 is 18.0 Å². The molecule has 0 saturated carbocycles. The van der Waals surface area contributed by atoms with Crippen LogP contribution in [0.5, 0.6) is 0 Å². The van der Waals surface area contributed by atoms with Crippen molar-refractivity contribution in [2.75, 3.05) is 7.05 Å². The average Bonchev–Trinajstić information content (AvgIpc) is 3.00. The monoisotopic (exact) mass is 401 g/mol. The predicted molar refractivity (Wildman–Crippen MR) is 103 cm³/mol. The second-order valence-corrected chi connectivity index (χ2v) is 7.60. The Morgan fingerprint density at radius 2 is 1.86 bits per heavy atom. The van der Waals surface area contributed by atoms with Crippen LogP contribution in [0.1, 0.15) is 23.6 Å². The van der Waals surface area contributed by atoms with E-state index in [9.17, 15) is 18.0 Å². The van der Waals surface area contributed by atoms with Crippen molar-refractivity contribution in [2.45, 2.75) is 18.6 Å². The highest BCUT2D eigenvalue weighted by molar-refractivity contribution is 7.25. The van der Waals surface area contributed by atoms with E-state index in [1.54, 1.807) is 36.6 Å². The summed E-state index contributed by atoms with van der Waals surface area (Å²) in [7, 11) is 1.55. The zero-order valence-corrected chi connectivity index (χ0v) is 15.5. The fourth-order valence-corrected chi connectivity index (χ4v) is 4.25. The van der Waals surface area contributed by atoms with Gasteiger partial charge >= 0.3 is 6.18 Å². The number of rotatable bonds is 1. The van der Waals surface area contributed by atoms with E-state index in [2.05, 4.69) is 11.2 Å². The molecule has 4 rings (SSSR count). The molecule has 0 aliphatic carbocycles. The Morgan fingerprint density at radius 3 is 2.54 bits per heavy atom. The van der Waals surface area contributed by atoms with Crippen molar-refractivity contribution in [1.82, 2.24) is 10.2 Å². The smallest absolute Gasteiger partial charge is 0.349 e. The molecule has 1 aromatic heterocycles. The number of guanidine groups is 1. The molecule has 0 bridgehead atoms. The summed E-state index contributed by atoms with van der Waals surface area (Å²) in [5.74, 6) is 3.36. The maximum Gasteiger partial charge on any atom is 0.458 e. The number of alkyl halides is 3. The Kier molecular flexibility index (Phi) is 4.27. The van der Waals surface area contributed by atoms with E-state index in [4.69, 9.17) is 5.41 Å². The van der Waals surface area contributed by atoms with Crippen LogP contribution in [0.3, 0.4) is 0 Å². The van der Waals surface area contributed by atoms with Gasteiger partial charge in [0.25, 0.3) is 0 Å². The minimum absolute atomic E-state index is 0.0428.